The minimum absolute atomic E-state index is 0.443. The maximum absolute atomic E-state index is 6.16. The molecular weight excluding hydrogens is 584 g/mol. The predicted octanol–water partition coefficient (Wildman–Crippen LogP) is 5.58. The van der Waals surface area contributed by atoms with Gasteiger partial charge < -0.3 is 39.8 Å². The van der Waals surface area contributed by atoms with E-state index in [1.54, 1.807) is 28.4 Å². The number of aromatic nitrogens is 4. The molecule has 3 heterocycles. The molecule has 0 saturated carbocycles. The van der Waals surface area contributed by atoms with Crippen LogP contribution in [0.1, 0.15) is 12.5 Å². The fourth-order valence-electron chi connectivity index (χ4n) is 5.24. The summed E-state index contributed by atoms with van der Waals surface area (Å²) in [5.41, 5.74) is 11.0. The molecule has 1 fully saturated rings. The van der Waals surface area contributed by atoms with Crippen LogP contribution in [0.5, 0.6) is 23.0 Å². The van der Waals surface area contributed by atoms with Crippen LogP contribution in [0.3, 0.4) is 0 Å². The summed E-state index contributed by atoms with van der Waals surface area (Å²) in [5, 5.41) is 4.97. The molecule has 12 heteroatoms. The molecule has 0 unspecified atom stereocenters. The fraction of sp³-hybridized carbons (Fsp3) is 0.294. The van der Waals surface area contributed by atoms with Crippen molar-refractivity contribution in [3.63, 3.8) is 0 Å². The highest BCUT2D eigenvalue weighted by molar-refractivity contribution is 5.93. The second-order valence-electron chi connectivity index (χ2n) is 10.8. The zero-order valence-electron chi connectivity index (χ0n) is 27.1. The van der Waals surface area contributed by atoms with Crippen LogP contribution in [0.4, 0.5) is 23.3 Å². The molecule has 2 aromatic heterocycles. The van der Waals surface area contributed by atoms with Gasteiger partial charge in [-0.3, -0.25) is 0 Å². The Kier molecular flexibility index (Phi) is 9.75. The lowest BCUT2D eigenvalue weighted by Crippen LogP contribution is -2.46. The largest absolute Gasteiger partial charge is 0.493 e. The average Bonchev–Trinajstić information content (AvgIpc) is 3.07. The molecule has 0 radical (unpaired) electrons. The Hall–Kier alpha value is -5.52. The number of benzene rings is 3. The molecule has 0 spiro atoms. The Morgan fingerprint density at radius 1 is 0.783 bits per heavy atom. The minimum Gasteiger partial charge on any atom is -0.493 e. The Balaban J connectivity index is 0.000000182. The van der Waals surface area contributed by atoms with E-state index < -0.39 is 0 Å². The molecule has 240 valence electrons. The molecular formula is C34H40N8O4. The van der Waals surface area contributed by atoms with Crippen molar-refractivity contribution in [2.45, 2.75) is 13.8 Å². The van der Waals surface area contributed by atoms with E-state index in [0.717, 1.165) is 65.2 Å². The van der Waals surface area contributed by atoms with E-state index in [1.807, 2.05) is 43.3 Å². The summed E-state index contributed by atoms with van der Waals surface area (Å²) in [6.07, 6.45) is 1.53. The maximum Gasteiger partial charge on any atom is 0.228 e. The normalized spacial score (nSPS) is 12.7. The van der Waals surface area contributed by atoms with E-state index in [-0.39, 0.29) is 0 Å². The summed E-state index contributed by atoms with van der Waals surface area (Å²) in [4.78, 5) is 22.2. The molecule has 0 atom stereocenters. The molecule has 0 amide bonds. The number of nitrogens with one attached hydrogen (secondary N) is 1. The van der Waals surface area contributed by atoms with Crippen molar-refractivity contribution in [1.29, 1.82) is 0 Å². The zero-order valence-corrected chi connectivity index (χ0v) is 27.1. The first-order chi connectivity index (χ1) is 22.2. The number of anilines is 4. The van der Waals surface area contributed by atoms with Crippen molar-refractivity contribution in [3.8, 4) is 23.0 Å². The number of nitrogens with two attached hydrogens (primary N) is 1. The number of ether oxygens (including phenoxy) is 4. The van der Waals surface area contributed by atoms with E-state index in [4.69, 9.17) is 24.7 Å². The van der Waals surface area contributed by atoms with Gasteiger partial charge in [0.05, 0.1) is 39.5 Å². The van der Waals surface area contributed by atoms with Crippen molar-refractivity contribution in [2.24, 2.45) is 0 Å². The quantitative estimate of drug-likeness (QED) is 0.223. The van der Waals surface area contributed by atoms with Crippen molar-refractivity contribution < 1.29 is 18.9 Å². The molecule has 0 bridgehead atoms. The topological polar surface area (TPSA) is 133 Å². The van der Waals surface area contributed by atoms with E-state index in [9.17, 15) is 0 Å². The van der Waals surface area contributed by atoms with E-state index in [2.05, 4.69) is 60.7 Å². The molecule has 3 aromatic carbocycles. The van der Waals surface area contributed by atoms with Crippen LogP contribution in [-0.4, -0.2) is 79.5 Å². The zero-order chi connectivity index (χ0) is 32.8. The van der Waals surface area contributed by atoms with Gasteiger partial charge in [0.15, 0.2) is 23.0 Å². The van der Waals surface area contributed by atoms with Crippen molar-refractivity contribution >= 4 is 45.1 Å². The number of aryl methyl sites for hydroxylation is 1. The number of allylic oxidation sites excluding steroid dienone is 1. The number of nitrogen functional groups attached to an aromatic ring is 1. The Morgan fingerprint density at radius 2 is 1.39 bits per heavy atom. The van der Waals surface area contributed by atoms with Gasteiger partial charge in [0.25, 0.3) is 0 Å². The number of piperazine rings is 1. The number of fused-ring (bicyclic) bond motifs is 2. The third kappa shape index (κ3) is 6.90. The SMILES string of the molecule is C=C(C)N1CCN(c2nc(N)c3cc(OC)c(OC)cc3n2)CC1.COc1cc2ncnc(Nc3cccc(C)c3)c2cc1OC. The molecule has 5 aromatic rings. The highest BCUT2D eigenvalue weighted by atomic mass is 16.5. The number of methoxy groups -OCH3 is 4. The van der Waals surface area contributed by atoms with E-state index >= 15 is 0 Å². The maximum atomic E-state index is 6.16. The van der Waals surface area contributed by atoms with Crippen LogP contribution >= 0.6 is 0 Å². The first kappa shape index (κ1) is 31.9. The standard InChI is InChI=1S/C17H23N5O2.C17H17N3O2/c1-11(2)21-5-7-22(8-6-21)17-19-13-10-15(24-4)14(23-3)9-12(13)16(18)20-17;1-11-5-4-6-12(7-11)20-17-13-8-15(21-2)16(22-3)9-14(13)18-10-19-17/h9-10H,1,5-8H2,2-4H3,(H2,18,19,20);4-10H,1-3H3,(H,18,19,20). The number of hydrogen-bond acceptors (Lipinski definition) is 12. The molecule has 1 saturated heterocycles. The summed E-state index contributed by atoms with van der Waals surface area (Å²) >= 11 is 0. The molecule has 3 N–H and O–H groups in total. The van der Waals surface area contributed by atoms with Gasteiger partial charge >= 0.3 is 0 Å². The van der Waals surface area contributed by atoms with E-state index in [1.165, 1.54) is 11.9 Å². The highest BCUT2D eigenvalue weighted by Crippen LogP contribution is 2.35. The Labute approximate surface area is 268 Å². The van der Waals surface area contributed by atoms with Gasteiger partial charge in [0, 0.05) is 60.5 Å². The van der Waals surface area contributed by atoms with Crippen molar-refractivity contribution in [3.05, 3.63) is 72.7 Å². The lowest BCUT2D eigenvalue weighted by atomic mass is 10.2. The summed E-state index contributed by atoms with van der Waals surface area (Å²) in [5.74, 6) is 4.36. The number of rotatable bonds is 8. The smallest absolute Gasteiger partial charge is 0.228 e. The number of hydrogen-bond donors (Lipinski definition) is 2. The van der Waals surface area contributed by atoms with Crippen LogP contribution in [-0.2, 0) is 0 Å². The van der Waals surface area contributed by atoms with Gasteiger partial charge in [-0.1, -0.05) is 18.7 Å². The van der Waals surface area contributed by atoms with Crippen LogP contribution in [0.25, 0.3) is 21.8 Å². The second kappa shape index (κ2) is 14.1. The predicted molar refractivity (Wildman–Crippen MR) is 183 cm³/mol. The third-order valence-electron chi connectivity index (χ3n) is 7.74. The number of nitrogens with zero attached hydrogens (tertiary/aromatic N) is 6. The molecule has 1 aliphatic heterocycles. The van der Waals surface area contributed by atoms with Crippen LogP contribution < -0.4 is 34.9 Å². The molecule has 0 aliphatic carbocycles. The molecule has 12 nitrogen and oxygen atoms in total. The van der Waals surface area contributed by atoms with Crippen LogP contribution in [0.2, 0.25) is 0 Å². The lowest BCUT2D eigenvalue weighted by Gasteiger charge is -2.36. The van der Waals surface area contributed by atoms with Gasteiger partial charge in [0.2, 0.25) is 5.95 Å². The summed E-state index contributed by atoms with van der Waals surface area (Å²) in [7, 11) is 6.42. The highest BCUT2D eigenvalue weighted by Gasteiger charge is 2.20. The first-order valence-electron chi connectivity index (χ1n) is 14.8. The first-order valence-corrected chi connectivity index (χ1v) is 14.8. The average molecular weight is 625 g/mol. The molecule has 1 aliphatic rings. The van der Waals surface area contributed by atoms with Crippen molar-refractivity contribution in [1.82, 2.24) is 24.8 Å². The molecule has 46 heavy (non-hydrogen) atoms. The third-order valence-corrected chi connectivity index (χ3v) is 7.74. The van der Waals surface area contributed by atoms with Gasteiger partial charge in [-0.25, -0.2) is 15.0 Å². The molecule has 6 rings (SSSR count). The van der Waals surface area contributed by atoms with Gasteiger partial charge in [0.1, 0.15) is 18.0 Å². The monoisotopic (exact) mass is 624 g/mol. The summed E-state index contributed by atoms with van der Waals surface area (Å²) in [6, 6.07) is 15.5. The van der Waals surface area contributed by atoms with Gasteiger partial charge in [-0.15, -0.1) is 0 Å². The van der Waals surface area contributed by atoms with Gasteiger partial charge in [-0.05, 0) is 43.7 Å². The Morgan fingerprint density at radius 3 is 2.00 bits per heavy atom. The van der Waals surface area contributed by atoms with Gasteiger partial charge in [-0.2, -0.15) is 4.98 Å². The lowest BCUT2D eigenvalue weighted by molar-refractivity contribution is 0.321. The summed E-state index contributed by atoms with van der Waals surface area (Å²) in [6.45, 7) is 11.6. The van der Waals surface area contributed by atoms with Crippen molar-refractivity contribution in [2.75, 3.05) is 70.6 Å². The fourth-order valence-corrected chi connectivity index (χ4v) is 5.24. The second-order valence-corrected chi connectivity index (χ2v) is 10.8. The van der Waals surface area contributed by atoms with Crippen LogP contribution in [0, 0.1) is 6.92 Å². The Bertz CT molecular complexity index is 1860. The van der Waals surface area contributed by atoms with Crippen LogP contribution in [0.15, 0.2) is 67.1 Å². The summed E-state index contributed by atoms with van der Waals surface area (Å²) < 4.78 is 21.3. The minimum atomic E-state index is 0.443. The van der Waals surface area contributed by atoms with E-state index in [0.29, 0.717) is 34.8 Å².